The maximum Gasteiger partial charge on any atom is 0.151 e. The average molecular weight is 218 g/mol. The normalized spacial score (nSPS) is 17.0. The molecule has 1 aromatic heterocycles. The molecule has 1 heterocycles. The number of hydrogen-bond acceptors (Lipinski definition) is 3. The third-order valence-corrected chi connectivity index (χ3v) is 3.22. The van der Waals surface area contributed by atoms with Crippen molar-refractivity contribution in [3.63, 3.8) is 0 Å². The first-order valence-corrected chi connectivity index (χ1v) is 6.03. The van der Waals surface area contributed by atoms with Gasteiger partial charge in [-0.05, 0) is 30.9 Å². The Hall–Kier alpha value is -1.38. The highest BCUT2D eigenvalue weighted by Crippen LogP contribution is 2.23. The smallest absolute Gasteiger partial charge is 0.151 e. The zero-order valence-corrected chi connectivity index (χ0v) is 9.48. The second kappa shape index (κ2) is 5.64. The Morgan fingerprint density at radius 1 is 1.31 bits per heavy atom. The van der Waals surface area contributed by atoms with Gasteiger partial charge in [0.2, 0.25) is 0 Å². The topological polar surface area (TPSA) is 42.0 Å². The minimum atomic E-state index is 0.628. The number of rotatable bonds is 4. The summed E-state index contributed by atoms with van der Waals surface area (Å²) in [4.78, 5) is 14.7. The summed E-state index contributed by atoms with van der Waals surface area (Å²) in [7, 11) is 0. The summed E-state index contributed by atoms with van der Waals surface area (Å²) in [6.45, 7) is 1.01. The van der Waals surface area contributed by atoms with Crippen LogP contribution >= 0.6 is 0 Å². The lowest BCUT2D eigenvalue weighted by atomic mass is 9.89. The summed E-state index contributed by atoms with van der Waals surface area (Å²) in [5.74, 6) is 1.66. The maximum absolute atomic E-state index is 10.5. The molecule has 0 radical (unpaired) electrons. The molecule has 1 saturated carbocycles. The van der Waals surface area contributed by atoms with Crippen LogP contribution in [0.15, 0.2) is 18.3 Å². The van der Waals surface area contributed by atoms with Crippen LogP contribution in [0.5, 0.6) is 0 Å². The van der Waals surface area contributed by atoms with Crippen LogP contribution in [0.1, 0.15) is 42.5 Å². The van der Waals surface area contributed by atoms with Crippen molar-refractivity contribution in [1.29, 1.82) is 0 Å². The molecule has 1 N–H and O–H groups in total. The van der Waals surface area contributed by atoms with Crippen LogP contribution in [0.25, 0.3) is 0 Å². The van der Waals surface area contributed by atoms with Gasteiger partial charge >= 0.3 is 0 Å². The van der Waals surface area contributed by atoms with Crippen molar-refractivity contribution in [2.75, 3.05) is 11.9 Å². The van der Waals surface area contributed by atoms with Gasteiger partial charge in [0.15, 0.2) is 6.29 Å². The van der Waals surface area contributed by atoms with E-state index in [1.807, 2.05) is 6.07 Å². The van der Waals surface area contributed by atoms with Crippen molar-refractivity contribution >= 4 is 12.1 Å². The summed E-state index contributed by atoms with van der Waals surface area (Å²) in [5.41, 5.74) is 0.628. The molecule has 0 amide bonds. The molecule has 0 atom stereocenters. The third kappa shape index (κ3) is 3.05. The van der Waals surface area contributed by atoms with E-state index in [2.05, 4.69) is 10.3 Å². The Morgan fingerprint density at radius 2 is 2.12 bits per heavy atom. The van der Waals surface area contributed by atoms with Gasteiger partial charge in [-0.2, -0.15) is 0 Å². The van der Waals surface area contributed by atoms with Crippen molar-refractivity contribution in [3.05, 3.63) is 23.9 Å². The zero-order valence-electron chi connectivity index (χ0n) is 9.48. The van der Waals surface area contributed by atoms with Gasteiger partial charge in [0, 0.05) is 18.3 Å². The van der Waals surface area contributed by atoms with E-state index >= 15 is 0 Å². The van der Waals surface area contributed by atoms with Gasteiger partial charge in [-0.3, -0.25) is 4.79 Å². The minimum absolute atomic E-state index is 0.628. The fourth-order valence-electron chi connectivity index (χ4n) is 2.22. The molecule has 0 aromatic carbocycles. The predicted octanol–water partition coefficient (Wildman–Crippen LogP) is 2.89. The summed E-state index contributed by atoms with van der Waals surface area (Å²) >= 11 is 0. The number of anilines is 1. The number of nitrogens with zero attached hydrogens (tertiary/aromatic N) is 1. The number of nitrogens with one attached hydrogen (secondary N) is 1. The first-order valence-electron chi connectivity index (χ1n) is 6.03. The molecule has 86 valence electrons. The molecule has 3 nitrogen and oxygen atoms in total. The van der Waals surface area contributed by atoms with Crippen molar-refractivity contribution in [3.8, 4) is 0 Å². The molecule has 16 heavy (non-hydrogen) atoms. The fraction of sp³-hybridized carbons (Fsp3) is 0.538. The van der Waals surface area contributed by atoms with E-state index in [1.54, 1.807) is 12.3 Å². The molecule has 1 aromatic rings. The quantitative estimate of drug-likeness (QED) is 0.790. The molecule has 0 aliphatic heterocycles. The number of hydrogen-bond donors (Lipinski definition) is 1. The van der Waals surface area contributed by atoms with E-state index < -0.39 is 0 Å². The van der Waals surface area contributed by atoms with Gasteiger partial charge in [-0.15, -0.1) is 0 Å². The highest BCUT2D eigenvalue weighted by Gasteiger charge is 2.12. The third-order valence-electron chi connectivity index (χ3n) is 3.22. The van der Waals surface area contributed by atoms with Gasteiger partial charge in [0.25, 0.3) is 0 Å². The molecule has 1 fully saturated rings. The van der Waals surface area contributed by atoms with E-state index in [4.69, 9.17) is 0 Å². The molecule has 0 unspecified atom stereocenters. The van der Waals surface area contributed by atoms with E-state index in [9.17, 15) is 4.79 Å². The zero-order chi connectivity index (χ0) is 11.2. The predicted molar refractivity (Wildman–Crippen MR) is 64.7 cm³/mol. The second-order valence-electron chi connectivity index (χ2n) is 4.48. The number of carbonyl (C=O) groups excluding carboxylic acids is 1. The average Bonchev–Trinajstić information content (AvgIpc) is 2.38. The molecule has 1 aliphatic rings. The van der Waals surface area contributed by atoms with E-state index in [-0.39, 0.29) is 0 Å². The Morgan fingerprint density at radius 3 is 2.75 bits per heavy atom. The van der Waals surface area contributed by atoms with Crippen LogP contribution in [-0.2, 0) is 0 Å². The minimum Gasteiger partial charge on any atom is -0.370 e. The lowest BCUT2D eigenvalue weighted by Crippen LogP contribution is -2.17. The lowest BCUT2D eigenvalue weighted by molar-refractivity contribution is 0.112. The second-order valence-corrected chi connectivity index (χ2v) is 4.48. The molecule has 3 heteroatoms. The van der Waals surface area contributed by atoms with Gasteiger partial charge in [-0.25, -0.2) is 4.98 Å². The van der Waals surface area contributed by atoms with Gasteiger partial charge < -0.3 is 5.32 Å². The molecular weight excluding hydrogens is 200 g/mol. The van der Waals surface area contributed by atoms with Crippen molar-refractivity contribution < 1.29 is 4.79 Å². The highest BCUT2D eigenvalue weighted by atomic mass is 16.1. The van der Waals surface area contributed by atoms with Gasteiger partial charge in [0.1, 0.15) is 5.82 Å². The van der Waals surface area contributed by atoms with E-state index in [0.717, 1.165) is 24.6 Å². The Balaban J connectivity index is 1.81. The van der Waals surface area contributed by atoms with Crippen LogP contribution in [0, 0.1) is 5.92 Å². The molecule has 1 aliphatic carbocycles. The number of aldehydes is 1. The summed E-state index contributed by atoms with van der Waals surface area (Å²) in [5, 5.41) is 3.34. The fourth-order valence-corrected chi connectivity index (χ4v) is 2.22. The van der Waals surface area contributed by atoms with Gasteiger partial charge in [-0.1, -0.05) is 19.3 Å². The first-order chi connectivity index (χ1) is 7.88. The summed E-state index contributed by atoms with van der Waals surface area (Å²) in [6, 6.07) is 3.66. The number of pyridine rings is 1. The molecule has 0 bridgehead atoms. The van der Waals surface area contributed by atoms with E-state index in [0.29, 0.717) is 5.56 Å². The van der Waals surface area contributed by atoms with Crippen molar-refractivity contribution in [2.24, 2.45) is 5.92 Å². The SMILES string of the molecule is O=Cc1ccc(NCC2CCCCC2)nc1. The molecule has 0 saturated heterocycles. The van der Waals surface area contributed by atoms with Crippen LogP contribution in [0.3, 0.4) is 0 Å². The molecule has 0 spiro atoms. The largest absolute Gasteiger partial charge is 0.370 e. The van der Waals surface area contributed by atoms with Gasteiger partial charge in [0.05, 0.1) is 0 Å². The standard InChI is InChI=1S/C13H18N2O/c16-10-12-6-7-13(15-9-12)14-8-11-4-2-1-3-5-11/h6-7,9-11H,1-5,8H2,(H,14,15). The maximum atomic E-state index is 10.5. The number of carbonyl (C=O) groups is 1. The van der Waals surface area contributed by atoms with Crippen LogP contribution in [0.4, 0.5) is 5.82 Å². The Bertz CT molecular complexity index is 328. The first kappa shape index (κ1) is 11.1. The summed E-state index contributed by atoms with van der Waals surface area (Å²) < 4.78 is 0. The van der Waals surface area contributed by atoms with Crippen LogP contribution in [-0.4, -0.2) is 17.8 Å². The Labute approximate surface area is 96.3 Å². The lowest BCUT2D eigenvalue weighted by Gasteiger charge is -2.21. The van der Waals surface area contributed by atoms with E-state index in [1.165, 1.54) is 32.1 Å². The van der Waals surface area contributed by atoms with Crippen LogP contribution in [0.2, 0.25) is 0 Å². The Kier molecular flexibility index (Phi) is 3.91. The summed E-state index contributed by atoms with van der Waals surface area (Å²) in [6.07, 6.45) is 9.21. The van der Waals surface area contributed by atoms with Crippen LogP contribution < -0.4 is 5.32 Å². The number of aromatic nitrogens is 1. The van der Waals surface area contributed by atoms with Crippen molar-refractivity contribution in [1.82, 2.24) is 4.98 Å². The molecular formula is C13H18N2O. The van der Waals surface area contributed by atoms with Crippen molar-refractivity contribution in [2.45, 2.75) is 32.1 Å². The molecule has 2 rings (SSSR count). The highest BCUT2D eigenvalue weighted by molar-refractivity contribution is 5.74. The monoisotopic (exact) mass is 218 g/mol.